The van der Waals surface area contributed by atoms with Gasteiger partial charge >= 0.3 is 5.97 Å². The van der Waals surface area contributed by atoms with Gasteiger partial charge in [0.1, 0.15) is 28.6 Å². The molecule has 0 saturated heterocycles. The predicted octanol–water partition coefficient (Wildman–Crippen LogP) is 6.61. The highest BCUT2D eigenvalue weighted by atomic mass is 32.1. The number of nitrogens with one attached hydrogen (secondary N) is 3. The number of unbranched alkanes of at least 4 members (excludes halogenated alkanes) is 3. The van der Waals surface area contributed by atoms with E-state index in [1.807, 2.05) is 50.9 Å². The molecule has 1 aliphatic rings. The molecule has 0 fully saturated rings. The monoisotopic (exact) mass is 829 g/mol. The summed E-state index contributed by atoms with van der Waals surface area (Å²) in [7, 11) is 1.92. The van der Waals surface area contributed by atoms with E-state index < -0.39 is 30.1 Å². The van der Waals surface area contributed by atoms with Crippen LogP contribution in [0.5, 0.6) is 5.75 Å². The van der Waals surface area contributed by atoms with Crippen LogP contribution in [0.4, 0.5) is 0 Å². The average molecular weight is 829 g/mol. The van der Waals surface area contributed by atoms with Crippen LogP contribution in [0.15, 0.2) is 23.6 Å². The molecule has 3 rings (SSSR count). The minimum atomic E-state index is -0.948. The van der Waals surface area contributed by atoms with E-state index in [1.54, 1.807) is 5.38 Å². The summed E-state index contributed by atoms with van der Waals surface area (Å²) in [5.41, 5.74) is 7.42. The third-order valence-electron chi connectivity index (χ3n) is 11.0. The molecule has 1 aromatic heterocycles. The first-order valence-corrected chi connectivity index (χ1v) is 22.6. The topological polar surface area (TPSA) is 185 Å². The van der Waals surface area contributed by atoms with Gasteiger partial charge in [-0.25, -0.2) is 4.98 Å². The Labute approximate surface area is 351 Å². The minimum Gasteiger partial charge on any atom is -0.494 e. The number of amides is 3. The van der Waals surface area contributed by atoms with E-state index in [1.165, 1.54) is 11.3 Å². The van der Waals surface area contributed by atoms with Gasteiger partial charge in [0.15, 0.2) is 0 Å². The molecular formula is C44H72N6O7S. The second kappa shape index (κ2) is 25.8. The Morgan fingerprint density at radius 2 is 1.81 bits per heavy atom. The maximum atomic E-state index is 14.5. The summed E-state index contributed by atoms with van der Waals surface area (Å²) >= 11 is 1.35. The smallest absolute Gasteiger partial charge is 0.311 e. The Morgan fingerprint density at radius 3 is 2.47 bits per heavy atom. The summed E-state index contributed by atoms with van der Waals surface area (Å²) < 4.78 is 12.3. The first-order valence-electron chi connectivity index (χ1n) is 21.7. The molecule has 0 saturated carbocycles. The number of hydrogen-bond acceptors (Lipinski definition) is 10. The lowest BCUT2D eigenvalue weighted by atomic mass is 9.80. The van der Waals surface area contributed by atoms with E-state index in [0.29, 0.717) is 61.9 Å². The second-order valence-electron chi connectivity index (χ2n) is 16.1. The number of fused-ring (bicyclic) bond motifs is 1. The molecule has 3 amide bonds. The zero-order chi connectivity index (χ0) is 42.6. The van der Waals surface area contributed by atoms with Crippen molar-refractivity contribution < 1.29 is 33.8 Å². The van der Waals surface area contributed by atoms with Crippen molar-refractivity contribution in [3.8, 4) is 5.75 Å². The molecule has 2 aromatic rings. The van der Waals surface area contributed by atoms with Gasteiger partial charge in [0.05, 0.1) is 12.5 Å². The van der Waals surface area contributed by atoms with E-state index >= 15 is 0 Å². The molecule has 6 N–H and O–H groups in total. The quantitative estimate of drug-likeness (QED) is 0.0586. The van der Waals surface area contributed by atoms with Crippen LogP contribution < -0.4 is 26.4 Å². The van der Waals surface area contributed by atoms with Crippen LogP contribution in [-0.2, 0) is 25.5 Å². The number of thiazole rings is 1. The lowest BCUT2D eigenvalue weighted by Crippen LogP contribution is -2.55. The zero-order valence-electron chi connectivity index (χ0n) is 36.1. The molecule has 0 radical (unpaired) electrons. The van der Waals surface area contributed by atoms with Crippen LogP contribution in [0, 0.1) is 11.8 Å². The highest BCUT2D eigenvalue weighted by Crippen LogP contribution is 2.36. The highest BCUT2D eigenvalue weighted by molar-refractivity contribution is 7.09. The molecular weight excluding hydrogens is 757 g/mol. The maximum absolute atomic E-state index is 14.5. The fourth-order valence-electron chi connectivity index (χ4n) is 7.54. The van der Waals surface area contributed by atoms with Crippen molar-refractivity contribution in [1.29, 1.82) is 0 Å². The van der Waals surface area contributed by atoms with E-state index in [4.69, 9.17) is 20.2 Å². The van der Waals surface area contributed by atoms with Gasteiger partial charge in [-0.3, -0.25) is 19.2 Å². The Hall–Kier alpha value is -3.59. The Bertz CT molecular complexity index is 1570. The zero-order valence-corrected chi connectivity index (χ0v) is 37.0. The van der Waals surface area contributed by atoms with Gasteiger partial charge in [0.25, 0.3) is 5.91 Å². The fraction of sp³-hybridized carbons (Fsp3) is 0.705. The van der Waals surface area contributed by atoms with Crippen LogP contribution in [0.1, 0.15) is 151 Å². The first-order chi connectivity index (χ1) is 27.9. The number of carbonyl (C=O) groups excluding carboxylic acids is 3. The number of benzene rings is 1. The van der Waals surface area contributed by atoms with Crippen molar-refractivity contribution in [2.75, 3.05) is 39.9 Å². The number of carbonyl (C=O) groups is 4. The number of carboxylic acid groups (broad SMARTS) is 1. The van der Waals surface area contributed by atoms with Gasteiger partial charge in [-0.1, -0.05) is 60.5 Å². The van der Waals surface area contributed by atoms with Crippen molar-refractivity contribution in [2.45, 2.75) is 149 Å². The molecule has 0 spiro atoms. The molecule has 14 heteroatoms. The van der Waals surface area contributed by atoms with Crippen LogP contribution in [0.25, 0.3) is 0 Å². The van der Waals surface area contributed by atoms with Crippen molar-refractivity contribution in [2.24, 2.45) is 17.6 Å². The molecule has 58 heavy (non-hydrogen) atoms. The second-order valence-corrected chi connectivity index (χ2v) is 16.9. The number of carboxylic acids is 1. The number of rotatable bonds is 28. The predicted molar refractivity (Wildman–Crippen MR) is 230 cm³/mol. The Morgan fingerprint density at radius 1 is 1.03 bits per heavy atom. The van der Waals surface area contributed by atoms with Crippen LogP contribution in [0.2, 0.25) is 0 Å². The minimum absolute atomic E-state index is 0.0495. The van der Waals surface area contributed by atoms with Crippen molar-refractivity contribution in [3.05, 3.63) is 45.4 Å². The molecule has 13 nitrogen and oxygen atoms in total. The number of hydrogen-bond donors (Lipinski definition) is 5. The van der Waals surface area contributed by atoms with E-state index in [2.05, 4.69) is 36.7 Å². The summed E-state index contributed by atoms with van der Waals surface area (Å²) in [5, 5.41) is 21.9. The number of aromatic nitrogens is 1. The Balaban J connectivity index is 1.78. The van der Waals surface area contributed by atoms with Gasteiger partial charge in [0.2, 0.25) is 11.8 Å². The summed E-state index contributed by atoms with van der Waals surface area (Å²) in [6.45, 7) is 15.4. The largest absolute Gasteiger partial charge is 0.494 e. The van der Waals surface area contributed by atoms with Gasteiger partial charge in [0, 0.05) is 43.5 Å². The SMILES string of the molecule is CCCOC(CC(C(C)C)N(CCC)C(=O)C(NC(=O)CCCCCNC)C(C)CC)c1nc(C(=O)NC2Cc3ccc(OCCCCN)cc3C(C(=O)O)C2)cs1. The number of ether oxygens (including phenoxy) is 2. The molecule has 0 aliphatic heterocycles. The molecule has 6 unspecified atom stereocenters. The molecule has 6 atom stereocenters. The van der Waals surface area contributed by atoms with Gasteiger partial charge in [-0.15, -0.1) is 11.3 Å². The van der Waals surface area contributed by atoms with Gasteiger partial charge in [-0.2, -0.15) is 0 Å². The lowest BCUT2D eigenvalue weighted by molar-refractivity contribution is -0.142. The third-order valence-corrected chi connectivity index (χ3v) is 12.0. The van der Waals surface area contributed by atoms with Gasteiger partial charge < -0.3 is 41.2 Å². The number of nitrogens with two attached hydrogens (primary N) is 1. The molecule has 0 bridgehead atoms. The normalized spacial score (nSPS) is 17.2. The first kappa shape index (κ1) is 48.8. The van der Waals surface area contributed by atoms with Crippen LogP contribution in [0.3, 0.4) is 0 Å². The number of aliphatic carboxylic acids is 1. The van der Waals surface area contributed by atoms with E-state index in [0.717, 1.165) is 63.5 Å². The summed E-state index contributed by atoms with van der Waals surface area (Å²) in [6, 6.07) is 4.30. The molecule has 1 aliphatic carbocycles. The standard InChI is InChI=1S/C44H72N6O7S/c1-8-21-50(43(53)40(30(6)10-3)49-39(51)16-12-11-14-20-46-7)37(29(4)5)27-38(57-22-9-2)42-48-36(28-58-42)41(52)47-32-24-31-17-18-33(56-23-15-13-19-45)26-34(31)35(25-32)44(54)55/h17-18,26,28-30,32,35,37-38,40,46H,8-16,19-25,27,45H2,1-7H3,(H,47,52)(H,49,51)(H,54,55). The summed E-state index contributed by atoms with van der Waals surface area (Å²) in [4.78, 5) is 60.5. The van der Waals surface area contributed by atoms with Crippen LogP contribution in [-0.4, -0.2) is 96.7 Å². The average Bonchev–Trinajstić information content (AvgIpc) is 3.70. The lowest BCUT2D eigenvalue weighted by Gasteiger charge is -2.39. The highest BCUT2D eigenvalue weighted by Gasteiger charge is 2.37. The third kappa shape index (κ3) is 14.9. The van der Waals surface area contributed by atoms with Crippen molar-refractivity contribution >= 4 is 35.0 Å². The molecule has 1 heterocycles. The number of nitrogens with zero attached hydrogens (tertiary/aromatic N) is 2. The molecule has 326 valence electrons. The summed E-state index contributed by atoms with van der Waals surface area (Å²) in [6.07, 6.45) is 7.81. The summed E-state index contributed by atoms with van der Waals surface area (Å²) in [5.74, 6) is -1.63. The van der Waals surface area contributed by atoms with Crippen molar-refractivity contribution in [1.82, 2.24) is 25.8 Å². The van der Waals surface area contributed by atoms with Gasteiger partial charge in [-0.05, 0) is 107 Å². The fourth-order valence-corrected chi connectivity index (χ4v) is 8.40. The van der Waals surface area contributed by atoms with Crippen molar-refractivity contribution in [3.63, 3.8) is 0 Å². The Kier molecular flexibility index (Phi) is 21.7. The van der Waals surface area contributed by atoms with E-state index in [9.17, 15) is 24.3 Å². The molecule has 1 aromatic carbocycles. The maximum Gasteiger partial charge on any atom is 0.311 e. The van der Waals surface area contributed by atoms with E-state index in [-0.39, 0.29) is 47.7 Å². The van der Waals surface area contributed by atoms with Crippen LogP contribution >= 0.6 is 11.3 Å².